The minimum atomic E-state index is -4.48. The number of carbonyl (C=O) groups is 1. The lowest BCUT2D eigenvalue weighted by molar-refractivity contribution is -0.137. The summed E-state index contributed by atoms with van der Waals surface area (Å²) >= 11 is 0. The molecule has 1 aliphatic rings. The summed E-state index contributed by atoms with van der Waals surface area (Å²) in [4.78, 5) is 12.3. The second kappa shape index (κ2) is 10.3. The van der Waals surface area contributed by atoms with Crippen molar-refractivity contribution in [2.75, 3.05) is 12.3 Å². The number of alkyl halides is 3. The van der Waals surface area contributed by atoms with Gasteiger partial charge in [0.25, 0.3) is 0 Å². The van der Waals surface area contributed by atoms with Crippen molar-refractivity contribution in [1.82, 2.24) is 0 Å². The number of anilines is 1. The molecule has 0 heterocycles. The first kappa shape index (κ1) is 24.4. The van der Waals surface area contributed by atoms with Crippen molar-refractivity contribution in [3.63, 3.8) is 0 Å². The molecule has 0 atom stereocenters. The number of benzene rings is 3. The molecular formula is C28H26F3NO3. The normalized spacial score (nSPS) is 13.7. The molecule has 35 heavy (non-hydrogen) atoms. The Morgan fingerprint density at radius 3 is 2.43 bits per heavy atom. The number of nitrogens with two attached hydrogens (primary N) is 1. The largest absolute Gasteiger partial charge is 0.488 e. The van der Waals surface area contributed by atoms with Gasteiger partial charge in [-0.15, -0.1) is 0 Å². The molecule has 0 saturated carbocycles. The first-order valence-corrected chi connectivity index (χ1v) is 11.4. The maximum atomic E-state index is 13.6. The fourth-order valence-electron chi connectivity index (χ4n) is 4.29. The van der Waals surface area contributed by atoms with E-state index in [4.69, 9.17) is 15.2 Å². The summed E-state index contributed by atoms with van der Waals surface area (Å²) < 4.78 is 51.9. The average molecular weight is 482 g/mol. The number of esters is 1. The van der Waals surface area contributed by atoms with Crippen LogP contribution < -0.4 is 10.5 Å². The number of ether oxygens (including phenoxy) is 2. The summed E-state index contributed by atoms with van der Waals surface area (Å²) in [5, 5.41) is 0. The van der Waals surface area contributed by atoms with Crippen LogP contribution in [0.3, 0.4) is 0 Å². The zero-order valence-electron chi connectivity index (χ0n) is 19.3. The molecule has 7 heteroatoms. The highest BCUT2D eigenvalue weighted by Gasteiger charge is 2.32. The van der Waals surface area contributed by atoms with E-state index in [1.807, 2.05) is 30.3 Å². The minimum absolute atomic E-state index is 0.211. The van der Waals surface area contributed by atoms with Crippen LogP contribution in [0.25, 0.3) is 11.1 Å². The van der Waals surface area contributed by atoms with E-state index < -0.39 is 17.7 Å². The van der Waals surface area contributed by atoms with Crippen molar-refractivity contribution in [1.29, 1.82) is 0 Å². The van der Waals surface area contributed by atoms with Crippen LogP contribution in [0.4, 0.5) is 18.9 Å². The zero-order chi connectivity index (χ0) is 25.0. The molecule has 0 aromatic heterocycles. The van der Waals surface area contributed by atoms with Gasteiger partial charge >= 0.3 is 12.1 Å². The standard InChI is InChI=1S/C28H26F3NO3/c1-2-34-27(33)24-15-19(11-13-25(24)32)21-9-6-10-22(21)23-16-20(28(29,30)31)12-14-26(23)35-17-18-7-4-3-5-8-18/h3-5,7-8,11-16H,2,6,9-10,17,32H2,1H3. The van der Waals surface area contributed by atoms with Crippen molar-refractivity contribution in [3.05, 3.63) is 94.5 Å². The Bertz CT molecular complexity index is 1250. The van der Waals surface area contributed by atoms with Gasteiger partial charge in [-0.1, -0.05) is 36.4 Å². The topological polar surface area (TPSA) is 61.5 Å². The van der Waals surface area contributed by atoms with Crippen molar-refractivity contribution in [2.45, 2.75) is 39.0 Å². The molecular weight excluding hydrogens is 455 g/mol. The lowest BCUT2D eigenvalue weighted by Gasteiger charge is -2.17. The molecule has 0 unspecified atom stereocenters. The van der Waals surface area contributed by atoms with Gasteiger partial charge in [-0.2, -0.15) is 13.2 Å². The molecule has 0 aliphatic heterocycles. The molecule has 0 bridgehead atoms. The number of allylic oxidation sites excluding steroid dienone is 2. The Hall–Kier alpha value is -3.74. The fourth-order valence-corrected chi connectivity index (χ4v) is 4.29. The molecule has 4 rings (SSSR count). The maximum absolute atomic E-state index is 13.6. The Balaban J connectivity index is 1.79. The number of hydrogen-bond donors (Lipinski definition) is 1. The molecule has 0 spiro atoms. The summed E-state index contributed by atoms with van der Waals surface area (Å²) in [5.41, 5.74) is 9.51. The third kappa shape index (κ3) is 5.50. The van der Waals surface area contributed by atoms with Gasteiger partial charge in [-0.05, 0) is 78.8 Å². The number of halogens is 3. The van der Waals surface area contributed by atoms with Crippen molar-refractivity contribution >= 4 is 22.8 Å². The minimum Gasteiger partial charge on any atom is -0.488 e. The number of rotatable bonds is 7. The molecule has 3 aromatic carbocycles. The quantitative estimate of drug-likeness (QED) is 0.288. The smallest absolute Gasteiger partial charge is 0.416 e. The number of nitrogen functional groups attached to an aromatic ring is 1. The summed E-state index contributed by atoms with van der Waals surface area (Å²) in [5.74, 6) is -0.143. The van der Waals surface area contributed by atoms with Crippen LogP contribution in [0, 0.1) is 0 Å². The van der Waals surface area contributed by atoms with Crippen LogP contribution in [0.5, 0.6) is 5.75 Å². The number of hydrogen-bond acceptors (Lipinski definition) is 4. The second-order valence-electron chi connectivity index (χ2n) is 8.32. The molecule has 2 N–H and O–H groups in total. The lowest BCUT2D eigenvalue weighted by atomic mass is 9.94. The van der Waals surface area contributed by atoms with E-state index in [-0.39, 0.29) is 18.8 Å². The first-order chi connectivity index (χ1) is 16.8. The Labute approximate surface area is 202 Å². The van der Waals surface area contributed by atoms with Crippen molar-refractivity contribution in [3.8, 4) is 5.75 Å². The molecule has 3 aromatic rings. The number of carbonyl (C=O) groups excluding carboxylic acids is 1. The van der Waals surface area contributed by atoms with E-state index >= 15 is 0 Å². The molecule has 0 amide bonds. The Morgan fingerprint density at radius 1 is 0.971 bits per heavy atom. The summed E-state index contributed by atoms with van der Waals surface area (Å²) in [6.07, 6.45) is -2.45. The Kier molecular flexibility index (Phi) is 7.15. The van der Waals surface area contributed by atoms with Gasteiger partial charge in [0.05, 0.1) is 17.7 Å². The molecule has 1 aliphatic carbocycles. The second-order valence-corrected chi connectivity index (χ2v) is 8.32. The monoisotopic (exact) mass is 481 g/mol. The summed E-state index contributed by atoms with van der Waals surface area (Å²) in [6, 6.07) is 18.1. The summed E-state index contributed by atoms with van der Waals surface area (Å²) in [6.45, 7) is 2.15. The molecule has 182 valence electrons. The highest BCUT2D eigenvalue weighted by atomic mass is 19.4. The summed E-state index contributed by atoms with van der Waals surface area (Å²) in [7, 11) is 0. The van der Waals surface area contributed by atoms with Crippen LogP contribution in [0.1, 0.15) is 58.8 Å². The van der Waals surface area contributed by atoms with Gasteiger partial charge in [-0.3, -0.25) is 0 Å². The van der Waals surface area contributed by atoms with Gasteiger partial charge in [0.1, 0.15) is 12.4 Å². The lowest BCUT2D eigenvalue weighted by Crippen LogP contribution is -2.08. The highest BCUT2D eigenvalue weighted by Crippen LogP contribution is 2.45. The fraction of sp³-hybridized carbons (Fsp3) is 0.250. The van der Waals surface area contributed by atoms with Gasteiger partial charge < -0.3 is 15.2 Å². The van der Waals surface area contributed by atoms with Crippen LogP contribution in [-0.4, -0.2) is 12.6 Å². The average Bonchev–Trinajstić information content (AvgIpc) is 3.33. The van der Waals surface area contributed by atoms with Crippen molar-refractivity contribution < 1.29 is 27.4 Å². The van der Waals surface area contributed by atoms with Crippen LogP contribution in [-0.2, 0) is 17.5 Å². The van der Waals surface area contributed by atoms with E-state index in [0.717, 1.165) is 40.8 Å². The van der Waals surface area contributed by atoms with E-state index in [0.29, 0.717) is 29.8 Å². The Morgan fingerprint density at radius 2 is 1.71 bits per heavy atom. The van der Waals surface area contributed by atoms with Crippen LogP contribution in [0.2, 0.25) is 0 Å². The van der Waals surface area contributed by atoms with E-state index in [2.05, 4.69) is 0 Å². The SMILES string of the molecule is CCOC(=O)c1cc(C2=C(c3cc(C(F)(F)F)ccc3OCc3ccccc3)CCC2)ccc1N. The maximum Gasteiger partial charge on any atom is 0.416 e. The van der Waals surface area contributed by atoms with E-state index in [9.17, 15) is 18.0 Å². The third-order valence-corrected chi connectivity index (χ3v) is 5.98. The van der Waals surface area contributed by atoms with Crippen LogP contribution >= 0.6 is 0 Å². The molecule has 0 saturated heterocycles. The van der Waals surface area contributed by atoms with Crippen LogP contribution in [0.15, 0.2) is 66.7 Å². The van der Waals surface area contributed by atoms with Gasteiger partial charge in [-0.25, -0.2) is 4.79 Å². The van der Waals surface area contributed by atoms with Crippen molar-refractivity contribution in [2.24, 2.45) is 0 Å². The molecule has 0 fully saturated rings. The van der Waals surface area contributed by atoms with E-state index in [1.165, 1.54) is 6.07 Å². The van der Waals surface area contributed by atoms with Gasteiger partial charge in [0, 0.05) is 11.3 Å². The third-order valence-electron chi connectivity index (χ3n) is 5.98. The highest BCUT2D eigenvalue weighted by molar-refractivity contribution is 5.99. The molecule has 4 nitrogen and oxygen atoms in total. The molecule has 0 radical (unpaired) electrons. The first-order valence-electron chi connectivity index (χ1n) is 11.4. The van der Waals surface area contributed by atoms with Gasteiger partial charge in [0.15, 0.2) is 0 Å². The predicted molar refractivity (Wildman–Crippen MR) is 130 cm³/mol. The van der Waals surface area contributed by atoms with E-state index in [1.54, 1.807) is 25.1 Å². The van der Waals surface area contributed by atoms with Gasteiger partial charge in [0.2, 0.25) is 0 Å². The zero-order valence-corrected chi connectivity index (χ0v) is 19.3. The predicted octanol–water partition coefficient (Wildman–Crippen LogP) is 7.14.